The number of nitrogens with zero attached hydrogens (tertiary/aromatic N) is 4. The van der Waals surface area contributed by atoms with Crippen molar-refractivity contribution < 1.29 is 9.53 Å². The molecule has 2 heterocycles. The monoisotopic (exact) mass is 401 g/mol. The second kappa shape index (κ2) is 9.33. The Morgan fingerprint density at radius 2 is 2.26 bits per heavy atom. The van der Waals surface area contributed by atoms with Crippen molar-refractivity contribution in [1.29, 1.82) is 0 Å². The van der Waals surface area contributed by atoms with E-state index in [1.165, 1.54) is 23.1 Å². The zero-order valence-corrected chi connectivity index (χ0v) is 16.4. The average molecular weight is 402 g/mol. The topological polar surface area (TPSA) is 81.9 Å². The number of hydrogen-bond acceptors (Lipinski definition) is 7. The molecule has 2 aromatic heterocycles. The van der Waals surface area contributed by atoms with Crippen LogP contribution in [-0.4, -0.2) is 38.0 Å². The molecule has 3 rings (SSSR count). The number of carbonyl (C=O) groups is 1. The van der Waals surface area contributed by atoms with Crippen molar-refractivity contribution >= 4 is 34.1 Å². The van der Waals surface area contributed by atoms with Crippen LogP contribution in [0, 0.1) is 0 Å². The van der Waals surface area contributed by atoms with Gasteiger partial charge in [0.15, 0.2) is 16.1 Å². The molecule has 3 aromatic rings. The first-order valence-corrected chi connectivity index (χ1v) is 10.2. The summed E-state index contributed by atoms with van der Waals surface area (Å²) in [4.78, 5) is 16.2. The summed E-state index contributed by atoms with van der Waals surface area (Å²) in [5.74, 6) is 1.50. The SMILES string of the molecule is C=CCn1c(SCC(=O)Nc2nccs2)nnc1-c1ccccc1OCC. The zero-order chi connectivity index (χ0) is 19.1. The Balaban J connectivity index is 1.79. The Morgan fingerprint density at radius 3 is 3.00 bits per heavy atom. The van der Waals surface area contributed by atoms with Gasteiger partial charge in [-0.15, -0.1) is 28.1 Å². The highest BCUT2D eigenvalue weighted by molar-refractivity contribution is 7.99. The predicted octanol–water partition coefficient (Wildman–Crippen LogP) is 3.72. The maximum Gasteiger partial charge on any atom is 0.236 e. The number of benzene rings is 1. The number of nitrogens with one attached hydrogen (secondary N) is 1. The van der Waals surface area contributed by atoms with Gasteiger partial charge in [0.2, 0.25) is 5.91 Å². The van der Waals surface area contributed by atoms with E-state index in [0.29, 0.717) is 29.3 Å². The van der Waals surface area contributed by atoms with Gasteiger partial charge >= 0.3 is 0 Å². The summed E-state index contributed by atoms with van der Waals surface area (Å²) in [6.07, 6.45) is 3.42. The lowest BCUT2D eigenvalue weighted by Gasteiger charge is -2.11. The van der Waals surface area contributed by atoms with Crippen LogP contribution in [0.3, 0.4) is 0 Å². The zero-order valence-electron chi connectivity index (χ0n) is 14.8. The van der Waals surface area contributed by atoms with Crippen LogP contribution >= 0.6 is 23.1 Å². The maximum atomic E-state index is 12.1. The summed E-state index contributed by atoms with van der Waals surface area (Å²) >= 11 is 2.70. The fraction of sp³-hybridized carbons (Fsp3) is 0.222. The van der Waals surface area contributed by atoms with Crippen LogP contribution in [0.2, 0.25) is 0 Å². The first-order valence-electron chi connectivity index (χ1n) is 8.31. The van der Waals surface area contributed by atoms with Gasteiger partial charge in [0.1, 0.15) is 5.75 Å². The maximum absolute atomic E-state index is 12.1. The number of anilines is 1. The van der Waals surface area contributed by atoms with Crippen molar-refractivity contribution in [1.82, 2.24) is 19.7 Å². The van der Waals surface area contributed by atoms with Gasteiger partial charge in [0, 0.05) is 18.1 Å². The third kappa shape index (κ3) is 4.75. The Labute approximate surface area is 165 Å². The van der Waals surface area contributed by atoms with Crippen molar-refractivity contribution in [2.75, 3.05) is 17.7 Å². The number of rotatable bonds is 9. The Kier molecular flexibility index (Phi) is 6.61. The number of para-hydroxylation sites is 1. The van der Waals surface area contributed by atoms with Crippen LogP contribution in [0.1, 0.15) is 6.92 Å². The smallest absolute Gasteiger partial charge is 0.236 e. The van der Waals surface area contributed by atoms with Gasteiger partial charge in [0.05, 0.1) is 17.9 Å². The largest absolute Gasteiger partial charge is 0.493 e. The molecule has 7 nitrogen and oxygen atoms in total. The molecule has 0 aliphatic heterocycles. The van der Waals surface area contributed by atoms with E-state index < -0.39 is 0 Å². The van der Waals surface area contributed by atoms with E-state index in [2.05, 4.69) is 27.1 Å². The molecule has 27 heavy (non-hydrogen) atoms. The van der Waals surface area contributed by atoms with Gasteiger partial charge in [-0.3, -0.25) is 9.36 Å². The number of carbonyl (C=O) groups excluding carboxylic acids is 1. The van der Waals surface area contributed by atoms with Gasteiger partial charge in [0.25, 0.3) is 0 Å². The third-order valence-electron chi connectivity index (χ3n) is 3.47. The fourth-order valence-electron chi connectivity index (χ4n) is 2.39. The molecular weight excluding hydrogens is 382 g/mol. The molecule has 0 saturated heterocycles. The second-order valence-corrected chi connectivity index (χ2v) is 7.15. The van der Waals surface area contributed by atoms with Crippen LogP contribution in [0.25, 0.3) is 11.4 Å². The lowest BCUT2D eigenvalue weighted by Crippen LogP contribution is -2.14. The van der Waals surface area contributed by atoms with Crippen LogP contribution in [0.15, 0.2) is 53.7 Å². The molecule has 1 aromatic carbocycles. The molecule has 1 amide bonds. The summed E-state index contributed by atoms with van der Waals surface area (Å²) in [6, 6.07) is 7.69. The number of amides is 1. The highest BCUT2D eigenvalue weighted by Gasteiger charge is 2.18. The number of thioether (sulfide) groups is 1. The molecule has 9 heteroatoms. The van der Waals surface area contributed by atoms with Crippen LogP contribution in [-0.2, 0) is 11.3 Å². The average Bonchev–Trinajstić information content (AvgIpc) is 3.31. The van der Waals surface area contributed by atoms with Gasteiger partial charge in [-0.1, -0.05) is 30.0 Å². The number of hydrogen-bond donors (Lipinski definition) is 1. The lowest BCUT2D eigenvalue weighted by molar-refractivity contribution is -0.113. The summed E-state index contributed by atoms with van der Waals surface area (Å²) in [5, 5.41) is 14.4. The highest BCUT2D eigenvalue weighted by Crippen LogP contribution is 2.31. The number of allylic oxidation sites excluding steroid dienone is 1. The molecule has 0 aliphatic rings. The van der Waals surface area contributed by atoms with Crippen LogP contribution in [0.4, 0.5) is 5.13 Å². The van der Waals surface area contributed by atoms with E-state index in [-0.39, 0.29) is 11.7 Å². The molecule has 1 N–H and O–H groups in total. The highest BCUT2D eigenvalue weighted by atomic mass is 32.2. The molecule has 0 radical (unpaired) electrons. The third-order valence-corrected chi connectivity index (χ3v) is 5.12. The predicted molar refractivity (Wildman–Crippen MR) is 108 cm³/mol. The van der Waals surface area contributed by atoms with Crippen LogP contribution < -0.4 is 10.1 Å². The van der Waals surface area contributed by atoms with Gasteiger partial charge < -0.3 is 10.1 Å². The molecule has 0 bridgehead atoms. The minimum Gasteiger partial charge on any atom is -0.493 e. The van der Waals surface area contributed by atoms with E-state index in [4.69, 9.17) is 4.74 Å². The second-order valence-electron chi connectivity index (χ2n) is 5.31. The lowest BCUT2D eigenvalue weighted by atomic mass is 10.2. The first-order chi connectivity index (χ1) is 13.2. The summed E-state index contributed by atoms with van der Waals surface area (Å²) in [5.41, 5.74) is 0.854. The normalized spacial score (nSPS) is 10.6. The number of ether oxygens (including phenoxy) is 1. The van der Waals surface area contributed by atoms with E-state index in [1.807, 2.05) is 41.1 Å². The molecule has 0 aliphatic carbocycles. The Hall–Kier alpha value is -2.65. The standard InChI is InChI=1S/C18H19N5O2S2/c1-3-10-23-16(13-7-5-6-8-14(13)25-4-2)21-22-18(23)27-12-15(24)20-17-19-9-11-26-17/h3,5-9,11H,1,4,10,12H2,2H3,(H,19,20,24). The molecule has 0 saturated carbocycles. The first kappa shape index (κ1) is 19.1. The molecule has 140 valence electrons. The van der Waals surface area contributed by atoms with E-state index in [9.17, 15) is 4.79 Å². The Bertz CT molecular complexity index is 908. The van der Waals surface area contributed by atoms with Gasteiger partial charge in [-0.25, -0.2) is 4.98 Å². The van der Waals surface area contributed by atoms with Crippen molar-refractivity contribution in [3.05, 3.63) is 48.5 Å². The minimum absolute atomic E-state index is 0.139. The number of aromatic nitrogens is 4. The van der Waals surface area contributed by atoms with E-state index in [1.54, 1.807) is 12.3 Å². The molecule has 0 atom stereocenters. The van der Waals surface area contributed by atoms with Crippen molar-refractivity contribution in [3.8, 4) is 17.1 Å². The molecule has 0 fully saturated rings. The minimum atomic E-state index is -0.139. The van der Waals surface area contributed by atoms with Crippen molar-refractivity contribution in [3.63, 3.8) is 0 Å². The summed E-state index contributed by atoms with van der Waals surface area (Å²) < 4.78 is 7.63. The van der Waals surface area contributed by atoms with Crippen LogP contribution in [0.5, 0.6) is 5.75 Å². The van der Waals surface area contributed by atoms with E-state index >= 15 is 0 Å². The van der Waals surface area contributed by atoms with Crippen molar-refractivity contribution in [2.24, 2.45) is 0 Å². The van der Waals surface area contributed by atoms with E-state index in [0.717, 1.165) is 11.3 Å². The Morgan fingerprint density at radius 1 is 1.41 bits per heavy atom. The van der Waals surface area contributed by atoms with Gasteiger partial charge in [-0.2, -0.15) is 0 Å². The molecule has 0 unspecified atom stereocenters. The van der Waals surface area contributed by atoms with Crippen molar-refractivity contribution in [2.45, 2.75) is 18.6 Å². The molecular formula is C18H19N5O2S2. The molecule has 0 spiro atoms. The summed E-state index contributed by atoms with van der Waals surface area (Å²) in [6.45, 7) is 6.84. The van der Waals surface area contributed by atoms with Gasteiger partial charge in [-0.05, 0) is 19.1 Å². The quantitative estimate of drug-likeness (QED) is 0.435. The fourth-order valence-corrected chi connectivity index (χ4v) is 3.68. The number of thiazole rings is 1. The summed E-state index contributed by atoms with van der Waals surface area (Å²) in [7, 11) is 0.